The van der Waals surface area contributed by atoms with Crippen molar-refractivity contribution in [1.29, 1.82) is 0 Å². The molecule has 0 fully saturated rings. The first-order valence-corrected chi connectivity index (χ1v) is 6.47. The van der Waals surface area contributed by atoms with Crippen LogP contribution in [0.1, 0.15) is 24.4 Å². The topological polar surface area (TPSA) is 45.2 Å². The van der Waals surface area contributed by atoms with Crippen LogP contribution >= 0.6 is 0 Å². The van der Waals surface area contributed by atoms with Gasteiger partial charge >= 0.3 is 0 Å². The van der Waals surface area contributed by atoms with Crippen LogP contribution in [0.4, 0.5) is 5.69 Å². The quantitative estimate of drug-likeness (QED) is 0.850. The highest BCUT2D eigenvalue weighted by Gasteiger charge is 2.27. The first kappa shape index (κ1) is 14.0. The fourth-order valence-corrected chi connectivity index (χ4v) is 2.72. The summed E-state index contributed by atoms with van der Waals surface area (Å²) in [7, 11) is 7.03. The maximum Gasteiger partial charge on any atom is 0.146 e. The van der Waals surface area contributed by atoms with Crippen molar-refractivity contribution in [3.63, 3.8) is 0 Å². The monoisotopic (exact) mass is 266 g/mol. The van der Waals surface area contributed by atoms with Crippen molar-refractivity contribution in [2.45, 2.75) is 18.9 Å². The van der Waals surface area contributed by atoms with Gasteiger partial charge in [0, 0.05) is 32.3 Å². The van der Waals surface area contributed by atoms with E-state index < -0.39 is 0 Å². The molecule has 0 aliphatic carbocycles. The van der Waals surface area contributed by atoms with E-state index in [0.717, 1.165) is 42.1 Å². The average molecular weight is 266 g/mol. The molecule has 0 radical (unpaired) electrons. The summed E-state index contributed by atoms with van der Waals surface area (Å²) in [5.74, 6) is 1.53. The second-order valence-electron chi connectivity index (χ2n) is 4.92. The lowest BCUT2D eigenvalue weighted by Gasteiger charge is -2.27. The molecule has 5 nitrogen and oxygen atoms in total. The molecule has 0 saturated heterocycles. The fraction of sp³-hybridized carbons (Fsp3) is 0.571. The molecule has 19 heavy (non-hydrogen) atoms. The van der Waals surface area contributed by atoms with Crippen molar-refractivity contribution in [3.05, 3.63) is 17.7 Å². The number of methoxy groups -OCH3 is 2. The van der Waals surface area contributed by atoms with Gasteiger partial charge in [-0.05, 0) is 18.9 Å². The summed E-state index contributed by atoms with van der Waals surface area (Å²) < 4.78 is 10.8. The van der Waals surface area contributed by atoms with Gasteiger partial charge in [-0.1, -0.05) is 0 Å². The Bertz CT molecular complexity index is 449. The second-order valence-corrected chi connectivity index (χ2v) is 4.92. The van der Waals surface area contributed by atoms with Crippen molar-refractivity contribution in [2.75, 3.05) is 39.8 Å². The molecule has 1 N–H and O–H groups in total. The molecule has 0 saturated carbocycles. The van der Waals surface area contributed by atoms with Gasteiger partial charge in [-0.15, -0.1) is 0 Å². The summed E-state index contributed by atoms with van der Waals surface area (Å²) in [5.41, 5.74) is 2.08. The van der Waals surface area contributed by atoms with Crippen LogP contribution < -0.4 is 14.4 Å². The lowest BCUT2D eigenvalue weighted by atomic mass is 10.0. The summed E-state index contributed by atoms with van der Waals surface area (Å²) >= 11 is 0. The van der Waals surface area contributed by atoms with E-state index in [2.05, 4.69) is 4.90 Å². The van der Waals surface area contributed by atoms with Gasteiger partial charge in [0.15, 0.2) is 0 Å². The minimum Gasteiger partial charge on any atom is -0.497 e. The number of fused-ring (bicyclic) bond motifs is 1. The van der Waals surface area contributed by atoms with Crippen molar-refractivity contribution in [2.24, 2.45) is 0 Å². The molecule has 2 rings (SSSR count). The fourth-order valence-electron chi connectivity index (χ4n) is 2.72. The third kappa shape index (κ3) is 2.62. The SMILES string of the molecule is COc1cc(OC)c2c(c1)C(N(C)O)CCCN2C. The number of hydrogen-bond acceptors (Lipinski definition) is 5. The predicted octanol–water partition coefficient (Wildman–Crippen LogP) is 2.30. The summed E-state index contributed by atoms with van der Waals surface area (Å²) in [5, 5.41) is 11.2. The average Bonchev–Trinajstić information content (AvgIpc) is 2.57. The van der Waals surface area contributed by atoms with Gasteiger partial charge in [0.2, 0.25) is 0 Å². The Morgan fingerprint density at radius 3 is 2.63 bits per heavy atom. The number of hydrogen-bond donors (Lipinski definition) is 1. The third-order valence-corrected chi connectivity index (χ3v) is 3.70. The highest BCUT2D eigenvalue weighted by atomic mass is 16.5. The van der Waals surface area contributed by atoms with E-state index in [4.69, 9.17) is 9.47 Å². The van der Waals surface area contributed by atoms with Crippen LogP contribution in [-0.4, -0.2) is 45.1 Å². The summed E-state index contributed by atoms with van der Waals surface area (Å²) in [6.45, 7) is 0.944. The van der Waals surface area contributed by atoms with Gasteiger partial charge in [-0.3, -0.25) is 0 Å². The molecule has 1 aromatic rings. The van der Waals surface area contributed by atoms with E-state index >= 15 is 0 Å². The van der Waals surface area contributed by atoms with Gasteiger partial charge in [0.05, 0.1) is 25.9 Å². The number of anilines is 1. The second kappa shape index (κ2) is 5.67. The molecule has 0 aromatic heterocycles. The maximum absolute atomic E-state index is 9.90. The van der Waals surface area contributed by atoms with Gasteiger partial charge < -0.3 is 19.6 Å². The van der Waals surface area contributed by atoms with Crippen LogP contribution in [0.3, 0.4) is 0 Å². The van der Waals surface area contributed by atoms with Crippen LogP contribution in [0, 0.1) is 0 Å². The molecular formula is C14H22N2O3. The molecular weight excluding hydrogens is 244 g/mol. The molecule has 106 valence electrons. The molecule has 0 bridgehead atoms. The number of benzene rings is 1. The Hall–Kier alpha value is -1.46. The lowest BCUT2D eigenvalue weighted by molar-refractivity contribution is -0.106. The molecule has 1 atom stereocenters. The van der Waals surface area contributed by atoms with Gasteiger partial charge in [0.1, 0.15) is 11.5 Å². The van der Waals surface area contributed by atoms with Crippen LogP contribution in [0.2, 0.25) is 0 Å². The van der Waals surface area contributed by atoms with E-state index in [1.54, 1.807) is 21.3 Å². The number of rotatable bonds is 3. The van der Waals surface area contributed by atoms with Gasteiger partial charge in [0.25, 0.3) is 0 Å². The van der Waals surface area contributed by atoms with E-state index in [-0.39, 0.29) is 6.04 Å². The maximum atomic E-state index is 9.90. The Morgan fingerprint density at radius 2 is 2.05 bits per heavy atom. The minimum absolute atomic E-state index is 0.0380. The van der Waals surface area contributed by atoms with Crippen LogP contribution in [0.5, 0.6) is 11.5 Å². The Kier molecular flexibility index (Phi) is 4.17. The zero-order chi connectivity index (χ0) is 14.0. The predicted molar refractivity (Wildman–Crippen MR) is 74.3 cm³/mol. The molecule has 5 heteroatoms. The van der Waals surface area contributed by atoms with E-state index in [0.29, 0.717) is 0 Å². The van der Waals surface area contributed by atoms with E-state index in [1.807, 2.05) is 19.2 Å². The highest BCUT2D eigenvalue weighted by Crippen LogP contribution is 2.43. The molecule has 1 aliphatic heterocycles. The van der Waals surface area contributed by atoms with Crippen LogP contribution in [-0.2, 0) is 0 Å². The Morgan fingerprint density at radius 1 is 1.32 bits per heavy atom. The number of ether oxygens (including phenoxy) is 2. The largest absolute Gasteiger partial charge is 0.497 e. The third-order valence-electron chi connectivity index (χ3n) is 3.70. The first-order chi connectivity index (χ1) is 9.08. The van der Waals surface area contributed by atoms with Gasteiger partial charge in [-0.2, -0.15) is 5.06 Å². The first-order valence-electron chi connectivity index (χ1n) is 6.47. The Balaban J connectivity index is 2.61. The smallest absolute Gasteiger partial charge is 0.146 e. The van der Waals surface area contributed by atoms with Crippen molar-refractivity contribution in [1.82, 2.24) is 5.06 Å². The molecule has 1 unspecified atom stereocenters. The van der Waals surface area contributed by atoms with Crippen molar-refractivity contribution in [3.8, 4) is 11.5 Å². The summed E-state index contributed by atoms with van der Waals surface area (Å²) in [4.78, 5) is 2.18. The molecule has 0 amide bonds. The van der Waals surface area contributed by atoms with Crippen molar-refractivity contribution >= 4 is 5.69 Å². The number of hydroxylamine groups is 2. The summed E-state index contributed by atoms with van der Waals surface area (Å²) in [6.07, 6.45) is 1.92. The zero-order valence-corrected chi connectivity index (χ0v) is 12.0. The molecule has 1 heterocycles. The lowest BCUT2D eigenvalue weighted by Crippen LogP contribution is -2.21. The summed E-state index contributed by atoms with van der Waals surface area (Å²) in [6, 6.07) is 3.83. The zero-order valence-electron chi connectivity index (χ0n) is 12.0. The normalized spacial score (nSPS) is 19.1. The molecule has 1 aromatic carbocycles. The Labute approximate surface area is 114 Å². The van der Waals surface area contributed by atoms with E-state index in [9.17, 15) is 5.21 Å². The van der Waals surface area contributed by atoms with E-state index in [1.165, 1.54) is 5.06 Å². The number of nitrogens with zero attached hydrogens (tertiary/aromatic N) is 2. The molecule has 0 spiro atoms. The minimum atomic E-state index is -0.0380. The molecule has 1 aliphatic rings. The van der Waals surface area contributed by atoms with Crippen LogP contribution in [0.25, 0.3) is 0 Å². The highest BCUT2D eigenvalue weighted by molar-refractivity contribution is 5.67. The standard InChI is InChI=1S/C14H22N2O3/c1-15-7-5-6-12(16(2)17)11-8-10(18-3)9-13(19-4)14(11)15/h8-9,12,17H,5-7H2,1-4H3. The van der Waals surface area contributed by atoms with Gasteiger partial charge in [-0.25, -0.2) is 0 Å². The van der Waals surface area contributed by atoms with Crippen LogP contribution in [0.15, 0.2) is 12.1 Å². The van der Waals surface area contributed by atoms with Crippen molar-refractivity contribution < 1.29 is 14.7 Å².